The number of aromatic nitrogens is 3. The summed E-state index contributed by atoms with van der Waals surface area (Å²) in [5.41, 5.74) is 3.32. The van der Waals surface area contributed by atoms with E-state index in [1.807, 2.05) is 60.7 Å². The van der Waals surface area contributed by atoms with Gasteiger partial charge in [-0.2, -0.15) is 0 Å². The van der Waals surface area contributed by atoms with E-state index >= 15 is 0 Å². The van der Waals surface area contributed by atoms with Crippen molar-refractivity contribution in [3.63, 3.8) is 0 Å². The van der Waals surface area contributed by atoms with Crippen molar-refractivity contribution >= 4 is 28.8 Å². The van der Waals surface area contributed by atoms with Gasteiger partial charge in [-0.05, 0) is 36.4 Å². The molecule has 2 aromatic heterocycles. The minimum absolute atomic E-state index is 0.549. The number of ether oxygens (including phenoxy) is 1. The predicted molar refractivity (Wildman–Crippen MR) is 120 cm³/mol. The summed E-state index contributed by atoms with van der Waals surface area (Å²) in [4.78, 5) is 13.2. The molecule has 2 aromatic carbocycles. The summed E-state index contributed by atoms with van der Waals surface area (Å²) in [6.07, 6.45) is 6.91. The number of halogens is 1. The second kappa shape index (κ2) is 9.71. The second-order valence-corrected chi connectivity index (χ2v) is 6.91. The quantitative estimate of drug-likeness (QED) is 0.372. The molecule has 0 bridgehead atoms. The van der Waals surface area contributed by atoms with Crippen LogP contribution in [0.15, 0.2) is 85.5 Å². The van der Waals surface area contributed by atoms with Gasteiger partial charge in [0.25, 0.3) is 0 Å². The molecule has 2 heterocycles. The van der Waals surface area contributed by atoms with Gasteiger partial charge in [0, 0.05) is 35.2 Å². The lowest BCUT2D eigenvalue weighted by Crippen LogP contribution is -2.11. The van der Waals surface area contributed by atoms with Gasteiger partial charge in [0.1, 0.15) is 18.2 Å². The number of rotatable bonds is 8. The molecule has 0 saturated heterocycles. The SMILES string of the molecule is Clc1cccc(Nc2cncc(-c3cncc(NCCOc4ccccc4)c3)n2)c1. The van der Waals surface area contributed by atoms with Crippen LogP contribution in [-0.2, 0) is 0 Å². The molecule has 0 fully saturated rings. The summed E-state index contributed by atoms with van der Waals surface area (Å²) in [5.74, 6) is 1.48. The maximum absolute atomic E-state index is 6.04. The fourth-order valence-electron chi connectivity index (χ4n) is 2.84. The molecule has 30 heavy (non-hydrogen) atoms. The van der Waals surface area contributed by atoms with Gasteiger partial charge in [-0.25, -0.2) is 4.98 Å². The number of para-hydroxylation sites is 1. The van der Waals surface area contributed by atoms with Crippen LogP contribution in [0.4, 0.5) is 17.2 Å². The first-order valence-corrected chi connectivity index (χ1v) is 9.86. The first-order chi connectivity index (χ1) is 14.8. The van der Waals surface area contributed by atoms with Crippen LogP contribution < -0.4 is 15.4 Å². The summed E-state index contributed by atoms with van der Waals surface area (Å²) < 4.78 is 5.70. The lowest BCUT2D eigenvalue weighted by Gasteiger charge is -2.10. The molecule has 0 unspecified atom stereocenters. The van der Waals surface area contributed by atoms with Crippen molar-refractivity contribution in [3.05, 3.63) is 90.5 Å². The number of anilines is 3. The molecule has 0 aliphatic rings. The highest BCUT2D eigenvalue weighted by atomic mass is 35.5. The number of benzene rings is 2. The molecule has 0 amide bonds. The fraction of sp³-hybridized carbons (Fsp3) is 0.0870. The van der Waals surface area contributed by atoms with E-state index in [1.165, 1.54) is 0 Å². The van der Waals surface area contributed by atoms with Crippen LogP contribution in [0.3, 0.4) is 0 Å². The predicted octanol–water partition coefficient (Wildman–Crippen LogP) is 5.43. The van der Waals surface area contributed by atoms with Gasteiger partial charge in [-0.1, -0.05) is 35.9 Å². The molecule has 4 rings (SSSR count). The van der Waals surface area contributed by atoms with Gasteiger partial charge < -0.3 is 15.4 Å². The number of nitrogens with one attached hydrogen (secondary N) is 2. The third kappa shape index (κ3) is 5.46. The first-order valence-electron chi connectivity index (χ1n) is 9.48. The van der Waals surface area contributed by atoms with E-state index in [-0.39, 0.29) is 0 Å². The number of pyridine rings is 1. The Bertz CT molecular complexity index is 1110. The molecule has 0 spiro atoms. The molecule has 0 aliphatic carbocycles. The Morgan fingerprint density at radius 3 is 2.57 bits per heavy atom. The van der Waals surface area contributed by atoms with Crippen molar-refractivity contribution in [3.8, 4) is 17.0 Å². The van der Waals surface area contributed by atoms with Gasteiger partial charge in [0.15, 0.2) is 0 Å². The van der Waals surface area contributed by atoms with E-state index in [1.54, 1.807) is 24.8 Å². The first kappa shape index (κ1) is 19.7. The zero-order valence-electron chi connectivity index (χ0n) is 16.1. The van der Waals surface area contributed by atoms with E-state index in [4.69, 9.17) is 16.3 Å². The van der Waals surface area contributed by atoms with Crippen LogP contribution in [0, 0.1) is 0 Å². The van der Waals surface area contributed by atoms with Crippen LogP contribution in [0.1, 0.15) is 0 Å². The summed E-state index contributed by atoms with van der Waals surface area (Å²) in [6.45, 7) is 1.20. The van der Waals surface area contributed by atoms with Crippen molar-refractivity contribution in [1.82, 2.24) is 15.0 Å². The average molecular weight is 418 g/mol. The van der Waals surface area contributed by atoms with E-state index in [2.05, 4.69) is 25.6 Å². The molecule has 150 valence electrons. The Balaban J connectivity index is 1.39. The molecule has 0 atom stereocenters. The Morgan fingerprint density at radius 2 is 1.70 bits per heavy atom. The Hall–Kier alpha value is -3.64. The van der Waals surface area contributed by atoms with E-state index in [9.17, 15) is 0 Å². The van der Waals surface area contributed by atoms with Crippen LogP contribution in [-0.4, -0.2) is 28.1 Å². The Morgan fingerprint density at radius 1 is 0.833 bits per heavy atom. The smallest absolute Gasteiger partial charge is 0.149 e. The van der Waals surface area contributed by atoms with E-state index in [0.29, 0.717) is 24.0 Å². The van der Waals surface area contributed by atoms with E-state index < -0.39 is 0 Å². The summed E-state index contributed by atoms with van der Waals surface area (Å²) >= 11 is 6.04. The number of hydrogen-bond donors (Lipinski definition) is 2. The third-order valence-electron chi connectivity index (χ3n) is 4.21. The maximum atomic E-state index is 6.04. The van der Waals surface area contributed by atoms with E-state index in [0.717, 1.165) is 28.4 Å². The van der Waals surface area contributed by atoms with Crippen LogP contribution in [0.25, 0.3) is 11.3 Å². The highest BCUT2D eigenvalue weighted by molar-refractivity contribution is 6.30. The standard InChI is InChI=1S/C23H20ClN5O/c24-18-5-4-6-19(12-18)28-23-16-26-15-22(29-23)17-11-20(14-25-13-17)27-9-10-30-21-7-2-1-3-8-21/h1-8,11-16,27H,9-10H2,(H,28,29). The fourth-order valence-corrected chi connectivity index (χ4v) is 3.03. The largest absolute Gasteiger partial charge is 0.492 e. The zero-order chi connectivity index (χ0) is 20.6. The van der Waals surface area contributed by atoms with Crippen molar-refractivity contribution < 1.29 is 4.74 Å². The highest BCUT2D eigenvalue weighted by Gasteiger charge is 2.05. The van der Waals surface area contributed by atoms with Crippen LogP contribution >= 0.6 is 11.6 Å². The minimum atomic E-state index is 0.549. The normalized spacial score (nSPS) is 10.4. The lowest BCUT2D eigenvalue weighted by molar-refractivity contribution is 0.333. The molecule has 7 heteroatoms. The molecule has 4 aromatic rings. The van der Waals surface area contributed by atoms with Gasteiger partial charge >= 0.3 is 0 Å². The number of nitrogens with zero attached hydrogens (tertiary/aromatic N) is 3. The van der Waals surface area contributed by atoms with Crippen molar-refractivity contribution in [2.24, 2.45) is 0 Å². The van der Waals surface area contributed by atoms with Crippen LogP contribution in [0.5, 0.6) is 5.75 Å². The summed E-state index contributed by atoms with van der Waals surface area (Å²) in [5, 5.41) is 7.19. The summed E-state index contributed by atoms with van der Waals surface area (Å²) in [6, 6.07) is 19.2. The Kier molecular flexibility index (Phi) is 6.37. The zero-order valence-corrected chi connectivity index (χ0v) is 16.9. The monoisotopic (exact) mass is 417 g/mol. The van der Waals surface area contributed by atoms with Gasteiger partial charge in [0.05, 0.1) is 23.8 Å². The van der Waals surface area contributed by atoms with Gasteiger partial charge in [-0.15, -0.1) is 0 Å². The second-order valence-electron chi connectivity index (χ2n) is 6.48. The minimum Gasteiger partial charge on any atom is -0.492 e. The summed E-state index contributed by atoms with van der Waals surface area (Å²) in [7, 11) is 0. The molecular weight excluding hydrogens is 398 g/mol. The van der Waals surface area contributed by atoms with Gasteiger partial charge in [-0.3, -0.25) is 9.97 Å². The topological polar surface area (TPSA) is 72.0 Å². The molecule has 6 nitrogen and oxygen atoms in total. The molecule has 0 radical (unpaired) electrons. The lowest BCUT2D eigenvalue weighted by atomic mass is 10.2. The van der Waals surface area contributed by atoms with Crippen LogP contribution in [0.2, 0.25) is 5.02 Å². The van der Waals surface area contributed by atoms with Crippen molar-refractivity contribution in [2.45, 2.75) is 0 Å². The average Bonchev–Trinajstić information content (AvgIpc) is 2.78. The maximum Gasteiger partial charge on any atom is 0.149 e. The van der Waals surface area contributed by atoms with Crippen molar-refractivity contribution in [2.75, 3.05) is 23.8 Å². The molecular formula is C23H20ClN5O. The molecule has 0 aliphatic heterocycles. The molecule has 2 N–H and O–H groups in total. The Labute approximate surface area is 180 Å². The number of hydrogen-bond acceptors (Lipinski definition) is 6. The highest BCUT2D eigenvalue weighted by Crippen LogP contribution is 2.23. The van der Waals surface area contributed by atoms with Gasteiger partial charge in [0.2, 0.25) is 0 Å². The molecule has 0 saturated carbocycles. The third-order valence-corrected chi connectivity index (χ3v) is 4.44. The van der Waals surface area contributed by atoms with Crippen molar-refractivity contribution in [1.29, 1.82) is 0 Å².